The number of sulfonamides is 1. The third kappa shape index (κ3) is 4.99. The van der Waals surface area contributed by atoms with E-state index in [9.17, 15) is 17.6 Å². The zero-order valence-electron chi connectivity index (χ0n) is 14.7. The first kappa shape index (κ1) is 19.8. The Morgan fingerprint density at radius 3 is 2.48 bits per heavy atom. The molecule has 1 fully saturated rings. The van der Waals surface area contributed by atoms with Crippen LogP contribution in [0.5, 0.6) is 0 Å². The van der Waals surface area contributed by atoms with E-state index in [0.29, 0.717) is 19.5 Å². The van der Waals surface area contributed by atoms with Crippen LogP contribution in [0.25, 0.3) is 0 Å². The fourth-order valence-electron chi connectivity index (χ4n) is 2.98. The topological polar surface area (TPSA) is 92.5 Å². The Hall–Kier alpha value is -1.51. The van der Waals surface area contributed by atoms with Crippen LogP contribution in [0.15, 0.2) is 23.1 Å². The summed E-state index contributed by atoms with van der Waals surface area (Å²) in [6, 6.07) is 2.98. The highest BCUT2D eigenvalue weighted by Crippen LogP contribution is 2.19. The van der Waals surface area contributed by atoms with Crippen molar-refractivity contribution in [1.29, 1.82) is 0 Å². The molecule has 25 heavy (non-hydrogen) atoms. The lowest BCUT2D eigenvalue weighted by atomic mass is 10.1. The minimum atomic E-state index is -3.90. The van der Waals surface area contributed by atoms with Crippen LogP contribution in [0, 0.1) is 11.7 Å². The average molecular weight is 371 g/mol. The molecule has 1 amide bonds. The van der Waals surface area contributed by atoms with E-state index in [4.69, 9.17) is 5.73 Å². The van der Waals surface area contributed by atoms with Gasteiger partial charge in [-0.3, -0.25) is 4.79 Å². The minimum Gasteiger partial charge on any atom is -0.339 e. The Morgan fingerprint density at radius 2 is 1.96 bits per heavy atom. The molecule has 0 radical (unpaired) electrons. The second-order valence-electron chi connectivity index (χ2n) is 6.82. The van der Waals surface area contributed by atoms with Gasteiger partial charge in [0.2, 0.25) is 10.0 Å². The molecule has 3 N–H and O–H groups in total. The molecular formula is C17H26FN3O3S. The first-order valence-electron chi connectivity index (χ1n) is 8.56. The Bertz CT molecular complexity index is 716. The van der Waals surface area contributed by atoms with Crippen LogP contribution >= 0.6 is 0 Å². The third-order valence-corrected chi connectivity index (χ3v) is 5.75. The number of rotatable bonds is 7. The number of amides is 1. The number of likely N-dealkylation sites (tertiary alicyclic amines) is 1. The first-order valence-corrected chi connectivity index (χ1v) is 10.0. The molecule has 8 heteroatoms. The number of nitrogens with zero attached hydrogens (tertiary/aromatic N) is 1. The maximum Gasteiger partial charge on any atom is 0.256 e. The van der Waals surface area contributed by atoms with Gasteiger partial charge < -0.3 is 10.6 Å². The number of nitrogens with one attached hydrogen (secondary N) is 1. The number of carbonyl (C=O) groups excluding carboxylic acids is 1. The molecular weight excluding hydrogens is 345 g/mol. The molecule has 6 nitrogen and oxygen atoms in total. The fraction of sp³-hybridized carbons (Fsp3) is 0.588. The van der Waals surface area contributed by atoms with E-state index in [1.54, 1.807) is 4.90 Å². The van der Waals surface area contributed by atoms with Gasteiger partial charge in [-0.25, -0.2) is 17.5 Å². The Morgan fingerprint density at radius 1 is 1.32 bits per heavy atom. The number of benzene rings is 1. The highest BCUT2D eigenvalue weighted by Gasteiger charge is 2.25. The Balaban J connectivity index is 2.19. The van der Waals surface area contributed by atoms with Crippen molar-refractivity contribution >= 4 is 15.9 Å². The van der Waals surface area contributed by atoms with E-state index in [1.165, 1.54) is 12.1 Å². The molecule has 0 spiro atoms. The van der Waals surface area contributed by atoms with Gasteiger partial charge in [0.15, 0.2) is 0 Å². The van der Waals surface area contributed by atoms with Crippen molar-refractivity contribution in [3.8, 4) is 0 Å². The van der Waals surface area contributed by atoms with Crippen LogP contribution in [0.4, 0.5) is 4.39 Å². The van der Waals surface area contributed by atoms with Crippen molar-refractivity contribution in [3.05, 3.63) is 29.6 Å². The number of halogens is 1. The summed E-state index contributed by atoms with van der Waals surface area (Å²) in [6.07, 6.45) is 2.39. The highest BCUT2D eigenvalue weighted by molar-refractivity contribution is 7.89. The number of nitrogens with two attached hydrogens (primary N) is 1. The molecule has 1 aromatic carbocycles. The Kier molecular flexibility index (Phi) is 6.53. The summed E-state index contributed by atoms with van der Waals surface area (Å²) in [6.45, 7) is 5.30. The van der Waals surface area contributed by atoms with E-state index >= 15 is 0 Å². The average Bonchev–Trinajstić information content (AvgIpc) is 3.07. The minimum absolute atomic E-state index is 0.0987. The molecule has 1 unspecified atom stereocenters. The SMILES string of the molecule is CC(C)CC(CN)NS(=O)(=O)c1ccc(C(=O)N2CCCC2)c(F)c1. The molecule has 1 atom stereocenters. The van der Waals surface area contributed by atoms with Gasteiger partial charge >= 0.3 is 0 Å². The maximum atomic E-state index is 14.3. The largest absolute Gasteiger partial charge is 0.339 e. The second-order valence-corrected chi connectivity index (χ2v) is 8.54. The number of hydrogen-bond donors (Lipinski definition) is 2. The predicted octanol–water partition coefficient (Wildman–Crippen LogP) is 1.71. The lowest BCUT2D eigenvalue weighted by Crippen LogP contribution is -2.41. The highest BCUT2D eigenvalue weighted by atomic mass is 32.2. The van der Waals surface area contributed by atoms with Crippen LogP contribution in [-0.2, 0) is 10.0 Å². The fourth-order valence-corrected chi connectivity index (χ4v) is 4.25. The standard InChI is InChI=1S/C17H26FN3O3S/c1-12(2)9-13(11-19)20-25(23,24)14-5-6-15(16(18)10-14)17(22)21-7-3-4-8-21/h5-6,10,12-13,20H,3-4,7-9,11,19H2,1-2H3. The molecule has 0 bridgehead atoms. The van der Waals surface area contributed by atoms with Crippen molar-refractivity contribution in [2.75, 3.05) is 19.6 Å². The number of hydrogen-bond acceptors (Lipinski definition) is 4. The zero-order valence-corrected chi connectivity index (χ0v) is 15.5. The van der Waals surface area contributed by atoms with Crippen molar-refractivity contribution in [1.82, 2.24) is 9.62 Å². The van der Waals surface area contributed by atoms with Gasteiger partial charge in [0, 0.05) is 25.7 Å². The van der Waals surface area contributed by atoms with E-state index in [1.807, 2.05) is 13.8 Å². The van der Waals surface area contributed by atoms with Crippen molar-refractivity contribution < 1.29 is 17.6 Å². The van der Waals surface area contributed by atoms with Crippen molar-refractivity contribution in [3.63, 3.8) is 0 Å². The molecule has 1 aliphatic heterocycles. The summed E-state index contributed by atoms with van der Waals surface area (Å²) < 4.78 is 41.7. The first-order chi connectivity index (χ1) is 11.7. The molecule has 1 saturated heterocycles. The smallest absolute Gasteiger partial charge is 0.256 e. The summed E-state index contributed by atoms with van der Waals surface area (Å²) in [5.74, 6) is -0.951. The van der Waals surface area contributed by atoms with Crippen LogP contribution in [0.1, 0.15) is 43.5 Å². The van der Waals surface area contributed by atoms with E-state index in [0.717, 1.165) is 18.9 Å². The summed E-state index contributed by atoms with van der Waals surface area (Å²) in [5.41, 5.74) is 5.52. The van der Waals surface area contributed by atoms with Gasteiger partial charge in [-0.05, 0) is 43.4 Å². The van der Waals surface area contributed by atoms with E-state index < -0.39 is 27.8 Å². The van der Waals surface area contributed by atoms with Gasteiger partial charge in [0.1, 0.15) is 5.82 Å². The summed E-state index contributed by atoms with van der Waals surface area (Å²) in [5, 5.41) is 0. The van der Waals surface area contributed by atoms with Crippen molar-refractivity contribution in [2.45, 2.75) is 44.0 Å². The normalized spacial score (nSPS) is 16.4. The van der Waals surface area contributed by atoms with Gasteiger partial charge in [-0.15, -0.1) is 0 Å². The summed E-state index contributed by atoms with van der Waals surface area (Å²) >= 11 is 0. The lowest BCUT2D eigenvalue weighted by molar-refractivity contribution is 0.0788. The van der Waals surface area contributed by atoms with Gasteiger partial charge in [0.05, 0.1) is 10.5 Å². The molecule has 0 aliphatic carbocycles. The van der Waals surface area contributed by atoms with Crippen molar-refractivity contribution in [2.24, 2.45) is 11.7 Å². The monoisotopic (exact) mass is 371 g/mol. The Labute approximate surface area is 148 Å². The maximum absolute atomic E-state index is 14.3. The second kappa shape index (κ2) is 8.25. The van der Waals surface area contributed by atoms with E-state index in [-0.39, 0.29) is 22.9 Å². The molecule has 140 valence electrons. The van der Waals surface area contributed by atoms with Gasteiger partial charge in [-0.2, -0.15) is 0 Å². The van der Waals surface area contributed by atoms with Crippen LogP contribution in [0.3, 0.4) is 0 Å². The summed E-state index contributed by atoms with van der Waals surface area (Å²) in [7, 11) is -3.90. The predicted molar refractivity (Wildman–Crippen MR) is 94.2 cm³/mol. The van der Waals surface area contributed by atoms with Gasteiger partial charge in [-0.1, -0.05) is 13.8 Å². The zero-order chi connectivity index (χ0) is 18.6. The van der Waals surface area contributed by atoms with E-state index in [2.05, 4.69) is 4.72 Å². The quantitative estimate of drug-likeness (QED) is 0.763. The molecule has 0 aromatic heterocycles. The van der Waals surface area contributed by atoms with Crippen LogP contribution in [-0.4, -0.2) is 44.9 Å². The van der Waals surface area contributed by atoms with Crippen LogP contribution < -0.4 is 10.5 Å². The third-order valence-electron chi connectivity index (χ3n) is 4.24. The molecule has 1 aliphatic rings. The summed E-state index contributed by atoms with van der Waals surface area (Å²) in [4.78, 5) is 13.7. The number of carbonyl (C=O) groups is 1. The van der Waals surface area contributed by atoms with Crippen LogP contribution in [0.2, 0.25) is 0 Å². The van der Waals surface area contributed by atoms with Gasteiger partial charge in [0.25, 0.3) is 5.91 Å². The molecule has 1 aromatic rings. The molecule has 0 saturated carbocycles. The molecule has 1 heterocycles. The lowest BCUT2D eigenvalue weighted by Gasteiger charge is -2.19. The molecule has 2 rings (SSSR count).